The Labute approximate surface area is 157 Å². The van der Waals surface area contributed by atoms with Gasteiger partial charge in [0.05, 0.1) is 17.5 Å². The van der Waals surface area contributed by atoms with Gasteiger partial charge in [-0.25, -0.2) is 5.43 Å². The molecule has 0 aliphatic heterocycles. The second-order valence-corrected chi connectivity index (χ2v) is 5.92. The van der Waals surface area contributed by atoms with E-state index in [2.05, 4.69) is 15.8 Å². The van der Waals surface area contributed by atoms with E-state index >= 15 is 0 Å². The Morgan fingerprint density at radius 2 is 1.41 bits per heavy atom. The molecule has 0 saturated carbocycles. The van der Waals surface area contributed by atoms with Gasteiger partial charge in [0.15, 0.2) is 0 Å². The fourth-order valence-corrected chi connectivity index (χ4v) is 2.57. The number of rotatable bonds is 5. The molecule has 3 rings (SSSR count). The van der Waals surface area contributed by atoms with Gasteiger partial charge in [0.1, 0.15) is 0 Å². The maximum atomic E-state index is 12.5. The Morgan fingerprint density at radius 1 is 0.778 bits per heavy atom. The minimum absolute atomic E-state index is 0.263. The lowest BCUT2D eigenvalue weighted by atomic mass is 10.1. The lowest BCUT2D eigenvalue weighted by Crippen LogP contribution is -2.21. The zero-order valence-electron chi connectivity index (χ0n) is 14.8. The molecule has 3 aromatic carbocycles. The summed E-state index contributed by atoms with van der Waals surface area (Å²) in [6.07, 6.45) is 1.56. The fourth-order valence-electron chi connectivity index (χ4n) is 2.57. The number of carbonyl (C=O) groups is 2. The molecule has 0 bridgehead atoms. The molecule has 0 spiro atoms. The van der Waals surface area contributed by atoms with Gasteiger partial charge >= 0.3 is 0 Å². The molecular weight excluding hydrogens is 338 g/mol. The maximum Gasteiger partial charge on any atom is 0.273 e. The van der Waals surface area contributed by atoms with Crippen LogP contribution in [-0.2, 0) is 0 Å². The van der Waals surface area contributed by atoms with Gasteiger partial charge in [0.2, 0.25) is 0 Å². The Hall–Kier alpha value is -3.73. The summed E-state index contributed by atoms with van der Waals surface area (Å²) in [6, 6.07) is 23.6. The summed E-state index contributed by atoms with van der Waals surface area (Å²) in [5.74, 6) is -0.663. The Morgan fingerprint density at radius 3 is 2.15 bits per heavy atom. The number of amides is 2. The van der Waals surface area contributed by atoms with Crippen molar-refractivity contribution in [2.45, 2.75) is 6.92 Å². The highest BCUT2D eigenvalue weighted by atomic mass is 16.2. The van der Waals surface area contributed by atoms with Crippen molar-refractivity contribution in [3.05, 3.63) is 101 Å². The molecule has 0 aliphatic carbocycles. The molecule has 27 heavy (non-hydrogen) atoms. The van der Waals surface area contributed by atoms with Crippen LogP contribution in [0.1, 0.15) is 31.8 Å². The van der Waals surface area contributed by atoms with Crippen molar-refractivity contribution in [1.29, 1.82) is 0 Å². The van der Waals surface area contributed by atoms with Crippen LogP contribution in [0.25, 0.3) is 0 Å². The molecule has 5 heteroatoms. The monoisotopic (exact) mass is 357 g/mol. The number of hydrogen-bond donors (Lipinski definition) is 2. The molecule has 2 amide bonds. The number of hydrogen-bond acceptors (Lipinski definition) is 3. The number of nitrogens with zero attached hydrogens (tertiary/aromatic N) is 1. The van der Waals surface area contributed by atoms with Gasteiger partial charge in [-0.1, -0.05) is 60.7 Å². The predicted molar refractivity (Wildman–Crippen MR) is 107 cm³/mol. The minimum Gasteiger partial charge on any atom is -0.321 e. The second kappa shape index (κ2) is 8.58. The summed E-state index contributed by atoms with van der Waals surface area (Å²) in [7, 11) is 0. The quantitative estimate of drug-likeness (QED) is 0.535. The number of benzene rings is 3. The molecule has 0 radical (unpaired) electrons. The van der Waals surface area contributed by atoms with E-state index in [9.17, 15) is 9.59 Å². The highest BCUT2D eigenvalue weighted by Gasteiger charge is 2.14. The number of carbonyl (C=O) groups excluding carboxylic acids is 2. The van der Waals surface area contributed by atoms with Crippen molar-refractivity contribution in [3.63, 3.8) is 0 Å². The first-order valence-electron chi connectivity index (χ1n) is 8.49. The number of hydrazone groups is 1. The van der Waals surface area contributed by atoms with Gasteiger partial charge in [0, 0.05) is 5.56 Å². The first-order valence-corrected chi connectivity index (χ1v) is 8.49. The molecule has 0 fully saturated rings. The van der Waals surface area contributed by atoms with Crippen LogP contribution in [0.2, 0.25) is 0 Å². The molecule has 134 valence electrons. The van der Waals surface area contributed by atoms with Crippen molar-refractivity contribution in [2.75, 3.05) is 5.32 Å². The van der Waals surface area contributed by atoms with Crippen LogP contribution in [0.4, 0.5) is 5.69 Å². The smallest absolute Gasteiger partial charge is 0.273 e. The van der Waals surface area contributed by atoms with Crippen molar-refractivity contribution >= 4 is 23.7 Å². The van der Waals surface area contributed by atoms with Crippen molar-refractivity contribution in [3.8, 4) is 0 Å². The first kappa shape index (κ1) is 18.1. The molecule has 0 aliphatic rings. The normalized spacial score (nSPS) is 10.6. The summed E-state index contributed by atoms with van der Waals surface area (Å²) in [5.41, 5.74) is 5.56. The second-order valence-electron chi connectivity index (χ2n) is 5.92. The summed E-state index contributed by atoms with van der Waals surface area (Å²) in [5, 5.41) is 6.78. The van der Waals surface area contributed by atoms with E-state index < -0.39 is 5.91 Å². The molecular formula is C22H19N3O2. The summed E-state index contributed by atoms with van der Waals surface area (Å²) < 4.78 is 0. The van der Waals surface area contributed by atoms with Gasteiger partial charge < -0.3 is 5.32 Å². The fraction of sp³-hybridized carbons (Fsp3) is 0.0455. The predicted octanol–water partition coefficient (Wildman–Crippen LogP) is 4.01. The Bertz CT molecular complexity index is 982. The van der Waals surface area contributed by atoms with Gasteiger partial charge in [0.25, 0.3) is 11.8 Å². The van der Waals surface area contributed by atoms with E-state index in [0.29, 0.717) is 16.8 Å². The highest BCUT2D eigenvalue weighted by molar-refractivity contribution is 6.09. The molecule has 2 N–H and O–H groups in total. The van der Waals surface area contributed by atoms with Crippen LogP contribution in [0.5, 0.6) is 0 Å². The summed E-state index contributed by atoms with van der Waals surface area (Å²) in [4.78, 5) is 25.0. The lowest BCUT2D eigenvalue weighted by molar-refractivity contribution is 0.0956. The number of nitrogens with one attached hydrogen (secondary N) is 2. The van der Waals surface area contributed by atoms with Gasteiger partial charge in [-0.2, -0.15) is 5.10 Å². The Kier molecular flexibility index (Phi) is 5.74. The number of para-hydroxylation sites is 1. The van der Waals surface area contributed by atoms with Crippen LogP contribution in [0, 0.1) is 6.92 Å². The van der Waals surface area contributed by atoms with Crippen molar-refractivity contribution < 1.29 is 9.59 Å². The topological polar surface area (TPSA) is 70.6 Å². The molecule has 5 nitrogen and oxygen atoms in total. The molecule has 0 heterocycles. The van der Waals surface area contributed by atoms with Crippen LogP contribution in [0.3, 0.4) is 0 Å². The zero-order valence-corrected chi connectivity index (χ0v) is 14.8. The molecule has 3 aromatic rings. The van der Waals surface area contributed by atoms with E-state index in [1.807, 2.05) is 49.4 Å². The molecule has 0 unspecified atom stereocenters. The van der Waals surface area contributed by atoms with E-state index in [1.54, 1.807) is 42.6 Å². The highest BCUT2D eigenvalue weighted by Crippen LogP contribution is 2.17. The first-order chi connectivity index (χ1) is 13.1. The van der Waals surface area contributed by atoms with E-state index in [4.69, 9.17) is 0 Å². The van der Waals surface area contributed by atoms with E-state index in [-0.39, 0.29) is 5.91 Å². The minimum atomic E-state index is -0.400. The number of aryl methyl sites for hydroxylation is 1. The molecule has 0 aromatic heterocycles. The largest absolute Gasteiger partial charge is 0.321 e. The van der Waals surface area contributed by atoms with Gasteiger partial charge in [-0.05, 0) is 36.2 Å². The van der Waals surface area contributed by atoms with Crippen LogP contribution in [-0.4, -0.2) is 18.0 Å². The van der Waals surface area contributed by atoms with E-state index in [1.165, 1.54) is 0 Å². The maximum absolute atomic E-state index is 12.5. The average molecular weight is 357 g/mol. The lowest BCUT2D eigenvalue weighted by Gasteiger charge is -2.11. The Balaban J connectivity index is 1.73. The third-order valence-electron chi connectivity index (χ3n) is 3.99. The third-order valence-corrected chi connectivity index (χ3v) is 3.99. The standard InChI is InChI=1S/C22H19N3O2/c1-16-9-5-6-12-18(16)21(26)24-20-14-8-7-13-19(20)22(27)25-23-15-17-10-3-2-4-11-17/h2-15H,1H3,(H,24,26)(H,25,27)/b23-15-. The summed E-state index contributed by atoms with van der Waals surface area (Å²) in [6.45, 7) is 1.87. The van der Waals surface area contributed by atoms with Crippen molar-refractivity contribution in [2.24, 2.45) is 5.10 Å². The van der Waals surface area contributed by atoms with E-state index in [0.717, 1.165) is 11.1 Å². The molecule has 0 saturated heterocycles. The number of anilines is 1. The van der Waals surface area contributed by atoms with Crippen molar-refractivity contribution in [1.82, 2.24) is 5.43 Å². The van der Waals surface area contributed by atoms with Gasteiger partial charge in [-0.3, -0.25) is 9.59 Å². The van der Waals surface area contributed by atoms with Gasteiger partial charge in [-0.15, -0.1) is 0 Å². The molecule has 0 atom stereocenters. The zero-order chi connectivity index (χ0) is 19.1. The van der Waals surface area contributed by atoms with Crippen LogP contribution >= 0.6 is 0 Å². The summed E-state index contributed by atoms with van der Waals surface area (Å²) >= 11 is 0. The third kappa shape index (κ3) is 4.67. The van der Waals surface area contributed by atoms with Crippen LogP contribution in [0.15, 0.2) is 84.0 Å². The average Bonchev–Trinajstić information content (AvgIpc) is 2.69. The van der Waals surface area contributed by atoms with Crippen LogP contribution < -0.4 is 10.7 Å². The SMILES string of the molecule is Cc1ccccc1C(=O)Nc1ccccc1C(=O)N/N=C\c1ccccc1.